The molecule has 0 saturated carbocycles. The molecule has 0 aliphatic heterocycles. The Morgan fingerprint density at radius 1 is 1.03 bits per heavy atom. The van der Waals surface area contributed by atoms with Crippen molar-refractivity contribution >= 4 is 16.9 Å². The molecule has 0 bridgehead atoms. The van der Waals surface area contributed by atoms with E-state index in [0.29, 0.717) is 30.9 Å². The Morgan fingerprint density at radius 3 is 2.47 bits per heavy atom. The van der Waals surface area contributed by atoms with E-state index in [1.165, 1.54) is 7.11 Å². The third kappa shape index (κ3) is 6.54. The highest BCUT2D eigenvalue weighted by atomic mass is 16.5. The molecule has 3 aromatic rings. The van der Waals surface area contributed by atoms with Crippen LogP contribution in [0.2, 0.25) is 0 Å². The number of aliphatic hydroxyl groups excluding tert-OH is 3. The van der Waals surface area contributed by atoms with Crippen LogP contribution in [-0.2, 0) is 11.3 Å². The van der Waals surface area contributed by atoms with Gasteiger partial charge in [0.25, 0.3) is 0 Å². The first-order valence-corrected chi connectivity index (χ1v) is 10.5. The smallest absolute Gasteiger partial charge is 0.337 e. The van der Waals surface area contributed by atoms with Crippen molar-refractivity contribution in [2.24, 2.45) is 0 Å². The Bertz CT molecular complexity index is 988. The molecule has 0 aliphatic carbocycles. The maximum Gasteiger partial charge on any atom is 0.337 e. The summed E-state index contributed by atoms with van der Waals surface area (Å²) < 4.78 is 12.2. The molecule has 2 aromatic carbocycles. The number of aromatic nitrogens is 1. The van der Waals surface area contributed by atoms with Crippen LogP contribution in [0.3, 0.4) is 0 Å². The van der Waals surface area contributed by atoms with E-state index < -0.39 is 18.2 Å². The van der Waals surface area contributed by atoms with E-state index >= 15 is 0 Å². The van der Waals surface area contributed by atoms with Crippen LogP contribution in [0.15, 0.2) is 60.8 Å². The van der Waals surface area contributed by atoms with Gasteiger partial charge in [-0.3, -0.25) is 4.90 Å². The molecular formula is C24H30N2O6. The van der Waals surface area contributed by atoms with E-state index in [4.69, 9.17) is 4.74 Å². The van der Waals surface area contributed by atoms with Crippen LogP contribution in [-0.4, -0.2) is 82.9 Å². The van der Waals surface area contributed by atoms with E-state index in [-0.39, 0.29) is 19.8 Å². The fourth-order valence-electron chi connectivity index (χ4n) is 3.63. The number of rotatable bonds is 12. The van der Waals surface area contributed by atoms with Gasteiger partial charge in [-0.05, 0) is 41.8 Å². The first-order chi connectivity index (χ1) is 15.5. The van der Waals surface area contributed by atoms with Gasteiger partial charge in [-0.15, -0.1) is 0 Å². The van der Waals surface area contributed by atoms with Crippen molar-refractivity contribution in [2.45, 2.75) is 18.8 Å². The number of hydrogen-bond donors (Lipinski definition) is 3. The van der Waals surface area contributed by atoms with Gasteiger partial charge in [0.2, 0.25) is 0 Å². The minimum absolute atomic E-state index is 0.0395. The molecule has 0 saturated heterocycles. The standard InChI is InChI=1S/C24H30N2O6/c1-31-24(30)19-6-8-22(9-7-19)32-17-21(29)15-25(12-13-27)14-20(28)16-26-11-10-18-4-2-3-5-23(18)26/h2-11,20-21,27-29H,12-17H2,1H3/t20-,21+/m1/s1. The van der Waals surface area contributed by atoms with Crippen LogP contribution in [0.1, 0.15) is 10.4 Å². The number of para-hydroxylation sites is 1. The number of benzene rings is 2. The third-order valence-corrected chi connectivity index (χ3v) is 5.16. The molecule has 8 nitrogen and oxygen atoms in total. The van der Waals surface area contributed by atoms with Crippen molar-refractivity contribution in [1.82, 2.24) is 9.47 Å². The number of aliphatic hydroxyl groups is 3. The molecule has 2 atom stereocenters. The quantitative estimate of drug-likeness (QED) is 0.365. The molecule has 0 radical (unpaired) electrons. The predicted molar refractivity (Wildman–Crippen MR) is 121 cm³/mol. The summed E-state index contributed by atoms with van der Waals surface area (Å²) in [5, 5.41) is 31.5. The van der Waals surface area contributed by atoms with E-state index in [2.05, 4.69) is 4.74 Å². The van der Waals surface area contributed by atoms with Gasteiger partial charge in [-0.2, -0.15) is 0 Å². The molecule has 8 heteroatoms. The molecule has 0 fully saturated rings. The molecule has 0 spiro atoms. The van der Waals surface area contributed by atoms with Gasteiger partial charge in [0, 0.05) is 37.9 Å². The zero-order valence-corrected chi connectivity index (χ0v) is 18.1. The monoisotopic (exact) mass is 442 g/mol. The second kappa shape index (κ2) is 11.6. The first-order valence-electron chi connectivity index (χ1n) is 10.5. The van der Waals surface area contributed by atoms with E-state index in [0.717, 1.165) is 10.9 Å². The fraction of sp³-hybridized carbons (Fsp3) is 0.375. The highest BCUT2D eigenvalue weighted by molar-refractivity contribution is 5.89. The molecule has 1 heterocycles. The van der Waals surface area contributed by atoms with Gasteiger partial charge in [0.1, 0.15) is 18.5 Å². The average Bonchev–Trinajstić information content (AvgIpc) is 3.20. The Morgan fingerprint density at radius 2 is 1.75 bits per heavy atom. The van der Waals surface area contributed by atoms with Crippen molar-refractivity contribution in [1.29, 1.82) is 0 Å². The van der Waals surface area contributed by atoms with Gasteiger partial charge in [0.05, 0.1) is 25.4 Å². The molecule has 0 unspecified atom stereocenters. The predicted octanol–water partition coefficient (Wildman–Crippen LogP) is 1.52. The van der Waals surface area contributed by atoms with Crippen LogP contribution in [0.5, 0.6) is 5.75 Å². The summed E-state index contributed by atoms with van der Waals surface area (Å²) in [5.41, 5.74) is 1.46. The fourth-order valence-corrected chi connectivity index (χ4v) is 3.63. The van der Waals surface area contributed by atoms with Gasteiger partial charge in [-0.1, -0.05) is 18.2 Å². The highest BCUT2D eigenvalue weighted by Gasteiger charge is 2.17. The van der Waals surface area contributed by atoms with Crippen molar-refractivity contribution < 1.29 is 29.6 Å². The Kier molecular flexibility index (Phi) is 8.64. The Balaban J connectivity index is 1.49. The van der Waals surface area contributed by atoms with Crippen molar-refractivity contribution in [2.75, 3.05) is 40.0 Å². The molecule has 0 aliphatic rings. The summed E-state index contributed by atoms with van der Waals surface area (Å²) in [6.45, 7) is 1.24. The van der Waals surface area contributed by atoms with Crippen LogP contribution in [0.4, 0.5) is 0 Å². The number of fused-ring (bicyclic) bond motifs is 1. The zero-order chi connectivity index (χ0) is 22.9. The number of carbonyl (C=O) groups excluding carboxylic acids is 1. The lowest BCUT2D eigenvalue weighted by Crippen LogP contribution is -2.42. The van der Waals surface area contributed by atoms with Crippen molar-refractivity contribution in [3.05, 3.63) is 66.4 Å². The van der Waals surface area contributed by atoms with Crippen molar-refractivity contribution in [3.63, 3.8) is 0 Å². The number of carbonyl (C=O) groups is 1. The number of esters is 1. The van der Waals surface area contributed by atoms with E-state index in [1.54, 1.807) is 24.3 Å². The molecular weight excluding hydrogens is 412 g/mol. The Labute approximate surface area is 187 Å². The number of nitrogens with zero attached hydrogens (tertiary/aromatic N) is 2. The maximum atomic E-state index is 11.5. The lowest BCUT2D eigenvalue weighted by molar-refractivity contribution is 0.0351. The lowest BCUT2D eigenvalue weighted by Gasteiger charge is -2.27. The van der Waals surface area contributed by atoms with Gasteiger partial charge in [0.15, 0.2) is 0 Å². The lowest BCUT2D eigenvalue weighted by atomic mass is 10.2. The van der Waals surface area contributed by atoms with Gasteiger partial charge in [-0.25, -0.2) is 4.79 Å². The molecule has 32 heavy (non-hydrogen) atoms. The minimum Gasteiger partial charge on any atom is -0.491 e. The third-order valence-electron chi connectivity index (χ3n) is 5.16. The van der Waals surface area contributed by atoms with Crippen LogP contribution < -0.4 is 4.74 Å². The Hall–Kier alpha value is -2.91. The molecule has 3 rings (SSSR count). The summed E-state index contributed by atoms with van der Waals surface area (Å²) in [5.74, 6) is 0.0904. The zero-order valence-electron chi connectivity index (χ0n) is 18.1. The topological polar surface area (TPSA) is 104 Å². The van der Waals surface area contributed by atoms with E-state index in [9.17, 15) is 20.1 Å². The molecule has 0 amide bonds. The summed E-state index contributed by atoms with van der Waals surface area (Å²) in [7, 11) is 1.32. The van der Waals surface area contributed by atoms with Crippen molar-refractivity contribution in [3.8, 4) is 5.75 Å². The number of hydrogen-bond acceptors (Lipinski definition) is 7. The normalized spacial score (nSPS) is 13.3. The van der Waals surface area contributed by atoms with E-state index in [1.807, 2.05) is 46.0 Å². The van der Waals surface area contributed by atoms with Crippen LogP contribution in [0, 0.1) is 0 Å². The number of ether oxygens (including phenoxy) is 2. The van der Waals surface area contributed by atoms with Crippen LogP contribution in [0.25, 0.3) is 10.9 Å². The molecule has 1 aromatic heterocycles. The second-order valence-electron chi connectivity index (χ2n) is 7.64. The largest absolute Gasteiger partial charge is 0.491 e. The van der Waals surface area contributed by atoms with Crippen LogP contribution >= 0.6 is 0 Å². The summed E-state index contributed by atoms with van der Waals surface area (Å²) in [4.78, 5) is 13.3. The molecule has 172 valence electrons. The SMILES string of the molecule is COC(=O)c1ccc(OC[C@@H](O)CN(CCO)C[C@@H](O)Cn2ccc3ccccc32)cc1. The minimum atomic E-state index is -0.818. The maximum absolute atomic E-state index is 11.5. The van der Waals surface area contributed by atoms with Gasteiger partial charge >= 0.3 is 5.97 Å². The average molecular weight is 443 g/mol. The number of methoxy groups -OCH3 is 1. The second-order valence-corrected chi connectivity index (χ2v) is 7.64. The summed E-state index contributed by atoms with van der Waals surface area (Å²) in [6.07, 6.45) is 0.455. The molecule has 3 N–H and O–H groups in total. The first kappa shape index (κ1) is 23.7. The summed E-state index contributed by atoms with van der Waals surface area (Å²) in [6, 6.07) is 16.4. The van der Waals surface area contributed by atoms with Gasteiger partial charge < -0.3 is 29.4 Å². The summed E-state index contributed by atoms with van der Waals surface area (Å²) >= 11 is 0. The highest BCUT2D eigenvalue weighted by Crippen LogP contribution is 2.16.